The van der Waals surface area contributed by atoms with Gasteiger partial charge < -0.3 is 15.2 Å². The molecule has 0 aliphatic carbocycles. The van der Waals surface area contributed by atoms with Crippen molar-refractivity contribution in [3.8, 4) is 11.5 Å². The molecule has 2 rings (SSSR count). The molecule has 5 heteroatoms. The van der Waals surface area contributed by atoms with E-state index in [1.165, 1.54) is 12.1 Å². The van der Waals surface area contributed by atoms with E-state index in [0.717, 1.165) is 11.1 Å². The Bertz CT molecular complexity index is 599. The fourth-order valence-electron chi connectivity index (χ4n) is 1.92. The van der Waals surface area contributed by atoms with Crippen molar-refractivity contribution in [2.75, 3.05) is 6.61 Å². The Hall–Kier alpha value is -1.59. The minimum Gasteiger partial charge on any atom is -0.490 e. The molecule has 2 aromatic carbocycles. The number of rotatable bonds is 6. The van der Waals surface area contributed by atoms with Gasteiger partial charge in [0.25, 0.3) is 0 Å². The summed E-state index contributed by atoms with van der Waals surface area (Å²) in [5.74, 6) is 0.969. The maximum Gasteiger partial charge on any atom is 0.161 e. The molecule has 112 valence electrons. The number of benzene rings is 2. The summed E-state index contributed by atoms with van der Waals surface area (Å²) in [5, 5.41) is 0. The maximum atomic E-state index is 13.3. The molecule has 0 atom stereocenters. The van der Waals surface area contributed by atoms with E-state index in [4.69, 9.17) is 15.2 Å². The zero-order valence-electron chi connectivity index (χ0n) is 11.7. The minimum absolute atomic E-state index is 0.262. The van der Waals surface area contributed by atoms with Gasteiger partial charge in [-0.05, 0) is 48.4 Å². The molecule has 3 nitrogen and oxygen atoms in total. The first-order chi connectivity index (χ1) is 10.1. The third kappa shape index (κ3) is 4.44. The quantitative estimate of drug-likeness (QED) is 0.852. The van der Waals surface area contributed by atoms with Crippen molar-refractivity contribution in [1.29, 1.82) is 0 Å². The third-order valence-corrected chi connectivity index (χ3v) is 3.32. The molecule has 0 aromatic heterocycles. The Morgan fingerprint density at radius 2 is 1.86 bits per heavy atom. The highest BCUT2D eigenvalue weighted by molar-refractivity contribution is 9.10. The first-order valence-electron chi connectivity index (χ1n) is 6.66. The van der Waals surface area contributed by atoms with Crippen LogP contribution in [0, 0.1) is 5.82 Å². The molecular formula is C16H17BrFNO2. The standard InChI is InChI=1S/C16H17BrFNO2/c1-2-20-16-7-11(9-19)3-4-15(16)21-10-12-5-13(17)8-14(18)6-12/h3-8H,2,9-10,19H2,1H3. The van der Waals surface area contributed by atoms with Crippen LogP contribution in [0.1, 0.15) is 18.1 Å². The van der Waals surface area contributed by atoms with Crippen LogP contribution in [0.25, 0.3) is 0 Å². The summed E-state index contributed by atoms with van der Waals surface area (Å²) < 4.78 is 25.3. The summed E-state index contributed by atoms with van der Waals surface area (Å²) in [5.41, 5.74) is 7.33. The molecule has 2 N–H and O–H groups in total. The highest BCUT2D eigenvalue weighted by Gasteiger charge is 2.07. The van der Waals surface area contributed by atoms with Crippen LogP contribution < -0.4 is 15.2 Å². The van der Waals surface area contributed by atoms with Gasteiger partial charge in [0.05, 0.1) is 6.61 Å². The molecule has 0 spiro atoms. The van der Waals surface area contributed by atoms with Gasteiger partial charge >= 0.3 is 0 Å². The van der Waals surface area contributed by atoms with Gasteiger partial charge in [0.15, 0.2) is 11.5 Å². The number of hydrogen-bond acceptors (Lipinski definition) is 3. The largest absolute Gasteiger partial charge is 0.490 e. The molecule has 0 amide bonds. The Kier molecular flexibility index (Phi) is 5.59. The minimum atomic E-state index is -0.300. The highest BCUT2D eigenvalue weighted by Crippen LogP contribution is 2.29. The van der Waals surface area contributed by atoms with Crippen LogP contribution in [-0.2, 0) is 13.2 Å². The highest BCUT2D eigenvalue weighted by atomic mass is 79.9. The SMILES string of the molecule is CCOc1cc(CN)ccc1OCc1cc(F)cc(Br)c1. The molecule has 0 bridgehead atoms. The maximum absolute atomic E-state index is 13.3. The van der Waals surface area contributed by atoms with Gasteiger partial charge in [0.2, 0.25) is 0 Å². The Morgan fingerprint density at radius 1 is 1.05 bits per heavy atom. The number of ether oxygens (including phenoxy) is 2. The van der Waals surface area contributed by atoms with E-state index in [1.807, 2.05) is 31.2 Å². The average molecular weight is 354 g/mol. The van der Waals surface area contributed by atoms with Crippen molar-refractivity contribution >= 4 is 15.9 Å². The van der Waals surface area contributed by atoms with Crippen LogP contribution in [0.3, 0.4) is 0 Å². The normalized spacial score (nSPS) is 10.5. The zero-order chi connectivity index (χ0) is 15.2. The summed E-state index contributed by atoms with van der Waals surface area (Å²) in [6, 6.07) is 10.2. The smallest absolute Gasteiger partial charge is 0.161 e. The zero-order valence-corrected chi connectivity index (χ0v) is 13.3. The first kappa shape index (κ1) is 15.8. The lowest BCUT2D eigenvalue weighted by molar-refractivity contribution is 0.268. The molecule has 0 fully saturated rings. The number of hydrogen-bond donors (Lipinski definition) is 1. The Labute approximate surface area is 132 Å². The summed E-state index contributed by atoms with van der Waals surface area (Å²) in [6.07, 6.45) is 0. The molecular weight excluding hydrogens is 337 g/mol. The van der Waals surface area contributed by atoms with Crippen LogP contribution in [-0.4, -0.2) is 6.61 Å². The molecule has 2 aromatic rings. The molecule has 0 radical (unpaired) electrons. The van der Waals surface area contributed by atoms with E-state index in [2.05, 4.69) is 15.9 Å². The van der Waals surface area contributed by atoms with E-state index < -0.39 is 0 Å². The molecule has 0 aliphatic rings. The second kappa shape index (κ2) is 7.43. The van der Waals surface area contributed by atoms with E-state index >= 15 is 0 Å². The van der Waals surface area contributed by atoms with Crippen molar-refractivity contribution in [1.82, 2.24) is 0 Å². The van der Waals surface area contributed by atoms with Crippen LogP contribution in [0.2, 0.25) is 0 Å². The van der Waals surface area contributed by atoms with Gasteiger partial charge in [-0.25, -0.2) is 4.39 Å². The van der Waals surface area contributed by atoms with Crippen molar-refractivity contribution < 1.29 is 13.9 Å². The molecule has 0 unspecified atom stereocenters. The van der Waals surface area contributed by atoms with Crippen LogP contribution in [0.15, 0.2) is 40.9 Å². The van der Waals surface area contributed by atoms with E-state index in [0.29, 0.717) is 29.1 Å². The lowest BCUT2D eigenvalue weighted by Crippen LogP contribution is -2.02. The topological polar surface area (TPSA) is 44.5 Å². The third-order valence-electron chi connectivity index (χ3n) is 2.86. The number of halogens is 2. The van der Waals surface area contributed by atoms with Crippen LogP contribution in [0.5, 0.6) is 11.5 Å². The van der Waals surface area contributed by atoms with Gasteiger partial charge in [0, 0.05) is 11.0 Å². The summed E-state index contributed by atoms with van der Waals surface area (Å²) in [6.45, 7) is 3.15. The number of nitrogens with two attached hydrogens (primary N) is 1. The van der Waals surface area contributed by atoms with Crippen molar-refractivity contribution in [3.63, 3.8) is 0 Å². The van der Waals surface area contributed by atoms with E-state index in [1.54, 1.807) is 0 Å². The van der Waals surface area contributed by atoms with Gasteiger partial charge in [-0.15, -0.1) is 0 Å². The van der Waals surface area contributed by atoms with Crippen LogP contribution >= 0.6 is 15.9 Å². The van der Waals surface area contributed by atoms with Crippen LogP contribution in [0.4, 0.5) is 4.39 Å². The first-order valence-corrected chi connectivity index (χ1v) is 7.45. The average Bonchev–Trinajstić information content (AvgIpc) is 2.45. The van der Waals surface area contributed by atoms with E-state index in [9.17, 15) is 4.39 Å². The predicted molar refractivity (Wildman–Crippen MR) is 83.9 cm³/mol. The monoisotopic (exact) mass is 353 g/mol. The van der Waals surface area contributed by atoms with Gasteiger partial charge in [-0.2, -0.15) is 0 Å². The van der Waals surface area contributed by atoms with Gasteiger partial charge in [-0.3, -0.25) is 0 Å². The second-order valence-corrected chi connectivity index (χ2v) is 5.40. The summed E-state index contributed by atoms with van der Waals surface area (Å²) >= 11 is 3.26. The lowest BCUT2D eigenvalue weighted by atomic mass is 10.2. The second-order valence-electron chi connectivity index (χ2n) is 4.48. The van der Waals surface area contributed by atoms with Crippen molar-refractivity contribution in [3.05, 3.63) is 57.8 Å². The molecule has 21 heavy (non-hydrogen) atoms. The molecule has 0 aliphatic heterocycles. The van der Waals surface area contributed by atoms with Gasteiger partial charge in [-0.1, -0.05) is 22.0 Å². The molecule has 0 saturated carbocycles. The lowest BCUT2D eigenvalue weighted by Gasteiger charge is -2.13. The van der Waals surface area contributed by atoms with E-state index in [-0.39, 0.29) is 12.4 Å². The fraction of sp³-hybridized carbons (Fsp3) is 0.250. The Morgan fingerprint density at radius 3 is 2.52 bits per heavy atom. The summed E-state index contributed by atoms with van der Waals surface area (Å²) in [4.78, 5) is 0. The van der Waals surface area contributed by atoms with Crippen molar-refractivity contribution in [2.24, 2.45) is 5.73 Å². The fourth-order valence-corrected chi connectivity index (χ4v) is 2.44. The van der Waals surface area contributed by atoms with Gasteiger partial charge in [0.1, 0.15) is 12.4 Å². The summed E-state index contributed by atoms with van der Waals surface area (Å²) in [7, 11) is 0. The predicted octanol–water partition coefficient (Wildman–Crippen LogP) is 4.02. The molecule has 0 heterocycles. The van der Waals surface area contributed by atoms with Crippen molar-refractivity contribution in [2.45, 2.75) is 20.1 Å². The molecule has 0 saturated heterocycles. The Balaban J connectivity index is 2.15.